The standard InChI is InChI=1S/C21H20ClFN4O/c1-13(14-7-8-15(17(23)9-14)21(2,3)11-24)26-19(28)10-27-12-25-18-6-4-5-16(22)20(18)27/h4-9,12-13H,10H2,1-3H3,(H,26,28). The number of imidazole rings is 1. The summed E-state index contributed by atoms with van der Waals surface area (Å²) in [4.78, 5) is 16.7. The minimum Gasteiger partial charge on any atom is -0.348 e. The molecule has 1 aromatic heterocycles. The van der Waals surface area contributed by atoms with Gasteiger partial charge in [-0.15, -0.1) is 0 Å². The van der Waals surface area contributed by atoms with E-state index in [1.807, 2.05) is 6.07 Å². The van der Waals surface area contributed by atoms with Gasteiger partial charge in [0.2, 0.25) is 5.91 Å². The van der Waals surface area contributed by atoms with Crippen LogP contribution in [0.1, 0.15) is 37.9 Å². The first-order chi connectivity index (χ1) is 13.2. The molecule has 144 valence electrons. The van der Waals surface area contributed by atoms with E-state index < -0.39 is 17.3 Å². The Morgan fingerprint density at radius 3 is 2.82 bits per heavy atom. The number of benzene rings is 2. The van der Waals surface area contributed by atoms with Gasteiger partial charge in [0.05, 0.1) is 39.9 Å². The van der Waals surface area contributed by atoms with Crippen molar-refractivity contribution in [3.8, 4) is 6.07 Å². The van der Waals surface area contributed by atoms with Crippen LogP contribution in [-0.2, 0) is 16.8 Å². The Labute approximate surface area is 167 Å². The lowest BCUT2D eigenvalue weighted by Gasteiger charge is -2.20. The normalized spacial score (nSPS) is 12.6. The molecule has 1 amide bonds. The lowest BCUT2D eigenvalue weighted by molar-refractivity contribution is -0.122. The van der Waals surface area contributed by atoms with Crippen LogP contribution in [0.5, 0.6) is 0 Å². The maximum atomic E-state index is 14.5. The Balaban J connectivity index is 1.74. The lowest BCUT2D eigenvalue weighted by Crippen LogP contribution is -2.30. The summed E-state index contributed by atoms with van der Waals surface area (Å²) in [5.74, 6) is -0.703. The Bertz CT molecular complexity index is 1080. The molecule has 5 nitrogen and oxygen atoms in total. The van der Waals surface area contributed by atoms with E-state index in [0.717, 1.165) is 0 Å². The number of aromatic nitrogens is 2. The smallest absolute Gasteiger partial charge is 0.240 e. The average molecular weight is 399 g/mol. The molecular formula is C21H20ClFN4O. The van der Waals surface area contributed by atoms with E-state index in [9.17, 15) is 14.4 Å². The van der Waals surface area contributed by atoms with Crippen LogP contribution in [0.15, 0.2) is 42.7 Å². The van der Waals surface area contributed by atoms with E-state index in [1.54, 1.807) is 55.9 Å². The molecule has 0 saturated heterocycles. The van der Waals surface area contributed by atoms with E-state index in [-0.39, 0.29) is 12.5 Å². The molecule has 0 bridgehead atoms. The highest BCUT2D eigenvalue weighted by atomic mass is 35.5. The number of nitrogens with zero attached hydrogens (tertiary/aromatic N) is 3. The molecule has 0 radical (unpaired) electrons. The van der Waals surface area contributed by atoms with Gasteiger partial charge in [-0.05, 0) is 44.5 Å². The SMILES string of the molecule is CC(NC(=O)Cn1cnc2cccc(Cl)c21)c1ccc(C(C)(C)C#N)c(F)c1. The minimum atomic E-state index is -0.920. The second-order valence-corrected chi connectivity index (χ2v) is 7.65. The van der Waals surface area contributed by atoms with Crippen LogP contribution in [0.3, 0.4) is 0 Å². The second-order valence-electron chi connectivity index (χ2n) is 7.25. The molecule has 1 atom stereocenters. The molecule has 1 N–H and O–H groups in total. The van der Waals surface area contributed by atoms with Gasteiger partial charge >= 0.3 is 0 Å². The van der Waals surface area contributed by atoms with Crippen molar-refractivity contribution in [1.82, 2.24) is 14.9 Å². The number of nitriles is 1. The number of hydrogen-bond donors (Lipinski definition) is 1. The van der Waals surface area contributed by atoms with Gasteiger partial charge in [-0.2, -0.15) is 5.26 Å². The first-order valence-electron chi connectivity index (χ1n) is 8.83. The molecule has 0 aliphatic carbocycles. The topological polar surface area (TPSA) is 70.7 Å². The third-order valence-electron chi connectivity index (χ3n) is 4.73. The molecule has 2 aromatic carbocycles. The van der Waals surface area contributed by atoms with Crippen molar-refractivity contribution >= 4 is 28.5 Å². The van der Waals surface area contributed by atoms with Gasteiger partial charge in [-0.3, -0.25) is 4.79 Å². The zero-order valence-electron chi connectivity index (χ0n) is 15.8. The summed E-state index contributed by atoms with van der Waals surface area (Å²) in [6.07, 6.45) is 1.57. The quantitative estimate of drug-likeness (QED) is 0.687. The Hall–Kier alpha value is -2.91. The molecule has 0 aliphatic rings. The molecule has 3 aromatic rings. The van der Waals surface area contributed by atoms with Gasteiger partial charge in [0.15, 0.2) is 0 Å². The highest BCUT2D eigenvalue weighted by molar-refractivity contribution is 6.35. The average Bonchev–Trinajstić information content (AvgIpc) is 3.05. The van der Waals surface area contributed by atoms with E-state index in [0.29, 0.717) is 27.2 Å². The van der Waals surface area contributed by atoms with E-state index in [4.69, 9.17) is 11.6 Å². The molecule has 28 heavy (non-hydrogen) atoms. The molecule has 3 rings (SSSR count). The molecule has 1 unspecified atom stereocenters. The number of carbonyl (C=O) groups excluding carboxylic acids is 1. The number of hydrogen-bond acceptors (Lipinski definition) is 3. The summed E-state index contributed by atoms with van der Waals surface area (Å²) in [5, 5.41) is 12.6. The number of fused-ring (bicyclic) bond motifs is 1. The zero-order chi connectivity index (χ0) is 20.5. The van der Waals surface area contributed by atoms with Gasteiger partial charge in [0.1, 0.15) is 12.4 Å². The van der Waals surface area contributed by atoms with Crippen molar-refractivity contribution in [2.75, 3.05) is 0 Å². The largest absolute Gasteiger partial charge is 0.348 e. The lowest BCUT2D eigenvalue weighted by atomic mass is 9.85. The van der Waals surface area contributed by atoms with Crippen molar-refractivity contribution in [3.05, 3.63) is 64.7 Å². The number of nitrogens with one attached hydrogen (secondary N) is 1. The molecule has 7 heteroatoms. The highest BCUT2D eigenvalue weighted by Gasteiger charge is 2.24. The summed E-state index contributed by atoms with van der Waals surface area (Å²) in [6.45, 7) is 5.15. The van der Waals surface area contributed by atoms with Crippen LogP contribution >= 0.6 is 11.6 Å². The van der Waals surface area contributed by atoms with Crippen LogP contribution < -0.4 is 5.32 Å². The van der Waals surface area contributed by atoms with Gasteiger partial charge in [0.25, 0.3) is 0 Å². The first kappa shape index (κ1) is 19.8. The summed E-state index contributed by atoms with van der Waals surface area (Å²) >= 11 is 6.21. The monoisotopic (exact) mass is 398 g/mol. The highest BCUT2D eigenvalue weighted by Crippen LogP contribution is 2.27. The molecule has 0 fully saturated rings. The predicted octanol–water partition coefficient (Wildman–Crippen LogP) is 4.51. The fraction of sp³-hybridized carbons (Fsp3) is 0.286. The molecule has 1 heterocycles. The third kappa shape index (κ3) is 3.85. The Kier molecular flexibility index (Phi) is 5.39. The van der Waals surface area contributed by atoms with E-state index in [2.05, 4.69) is 16.4 Å². The Morgan fingerprint density at radius 2 is 2.14 bits per heavy atom. The number of carbonyl (C=O) groups is 1. The second kappa shape index (κ2) is 7.61. The summed E-state index contributed by atoms with van der Waals surface area (Å²) in [6, 6.07) is 11.8. The summed E-state index contributed by atoms with van der Waals surface area (Å²) in [7, 11) is 0. The third-order valence-corrected chi connectivity index (χ3v) is 5.03. The minimum absolute atomic E-state index is 0.0482. The van der Waals surface area contributed by atoms with Crippen molar-refractivity contribution in [1.29, 1.82) is 5.26 Å². The van der Waals surface area contributed by atoms with Gasteiger partial charge in [-0.25, -0.2) is 9.37 Å². The molecule has 0 saturated carbocycles. The van der Waals surface area contributed by atoms with Crippen LogP contribution in [0.2, 0.25) is 5.02 Å². The van der Waals surface area contributed by atoms with Gasteiger partial charge in [-0.1, -0.05) is 29.8 Å². The maximum absolute atomic E-state index is 14.5. The fourth-order valence-corrected chi connectivity index (χ4v) is 3.37. The zero-order valence-corrected chi connectivity index (χ0v) is 16.6. The van der Waals surface area contributed by atoms with Gasteiger partial charge < -0.3 is 9.88 Å². The predicted molar refractivity (Wildman–Crippen MR) is 106 cm³/mol. The van der Waals surface area contributed by atoms with Crippen molar-refractivity contribution < 1.29 is 9.18 Å². The number of rotatable bonds is 5. The van der Waals surface area contributed by atoms with Crippen molar-refractivity contribution in [3.63, 3.8) is 0 Å². The van der Waals surface area contributed by atoms with Crippen LogP contribution in [-0.4, -0.2) is 15.5 Å². The summed E-state index contributed by atoms with van der Waals surface area (Å²) in [5.41, 5.74) is 1.44. The van der Waals surface area contributed by atoms with Crippen molar-refractivity contribution in [2.45, 2.75) is 38.8 Å². The fourth-order valence-electron chi connectivity index (χ4n) is 3.09. The van der Waals surface area contributed by atoms with E-state index in [1.165, 1.54) is 6.07 Å². The van der Waals surface area contributed by atoms with Crippen LogP contribution in [0.25, 0.3) is 11.0 Å². The van der Waals surface area contributed by atoms with Gasteiger partial charge in [0, 0.05) is 5.56 Å². The van der Waals surface area contributed by atoms with Crippen LogP contribution in [0.4, 0.5) is 4.39 Å². The molecular weight excluding hydrogens is 379 g/mol. The van der Waals surface area contributed by atoms with Crippen LogP contribution in [0, 0.1) is 17.1 Å². The number of amides is 1. The number of halogens is 2. The Morgan fingerprint density at radius 1 is 1.39 bits per heavy atom. The molecule has 0 spiro atoms. The molecule has 0 aliphatic heterocycles. The maximum Gasteiger partial charge on any atom is 0.240 e. The van der Waals surface area contributed by atoms with E-state index >= 15 is 0 Å². The van der Waals surface area contributed by atoms with Crippen molar-refractivity contribution in [2.24, 2.45) is 0 Å². The number of para-hydroxylation sites is 1. The summed E-state index contributed by atoms with van der Waals surface area (Å²) < 4.78 is 16.1. The first-order valence-corrected chi connectivity index (χ1v) is 9.20.